The lowest BCUT2D eigenvalue weighted by Crippen LogP contribution is -2.40. The van der Waals surface area contributed by atoms with Crippen molar-refractivity contribution in [3.05, 3.63) is 89.7 Å². The summed E-state index contributed by atoms with van der Waals surface area (Å²) in [6.07, 6.45) is 1.41. The molecular formula is C28H29N3O4. The molecule has 5 rings (SSSR count). The number of H-pyrrole nitrogens is 1. The number of hydroxylamine groups is 2. The number of aromatic amines is 1. The second-order valence-corrected chi connectivity index (χ2v) is 8.67. The average molecular weight is 472 g/mol. The Kier molecular flexibility index (Phi) is 6.79. The third-order valence-corrected chi connectivity index (χ3v) is 6.48. The summed E-state index contributed by atoms with van der Waals surface area (Å²) in [5, 5.41) is 1.99. The van der Waals surface area contributed by atoms with Crippen LogP contribution >= 0.6 is 0 Å². The fourth-order valence-corrected chi connectivity index (χ4v) is 4.65. The molecule has 3 aromatic carbocycles. The van der Waals surface area contributed by atoms with Crippen LogP contribution in [0.2, 0.25) is 0 Å². The molecule has 2 atom stereocenters. The third-order valence-electron chi connectivity index (χ3n) is 6.48. The normalized spacial score (nSPS) is 18.6. The number of aromatic nitrogens is 2. The van der Waals surface area contributed by atoms with Crippen LogP contribution in [0.15, 0.2) is 72.8 Å². The van der Waals surface area contributed by atoms with Gasteiger partial charge in [0.05, 0.1) is 43.9 Å². The first kappa shape index (κ1) is 23.1. The highest BCUT2D eigenvalue weighted by Gasteiger charge is 2.37. The molecule has 0 unspecified atom stereocenters. The molecule has 0 radical (unpaired) electrons. The fourth-order valence-electron chi connectivity index (χ4n) is 4.65. The number of hydrogen-bond donors (Lipinski definition) is 1. The van der Waals surface area contributed by atoms with Gasteiger partial charge in [0.15, 0.2) is 0 Å². The molecule has 1 aromatic heterocycles. The SMILES string of the molecule is COc1ccc([C@H]2CC(=O)C[C@@H](c3ccc(OC)cc3)N2OCCc2nc3ccccc3[nH]2)cc1. The molecule has 4 aromatic rings. The summed E-state index contributed by atoms with van der Waals surface area (Å²) in [7, 11) is 3.29. The minimum Gasteiger partial charge on any atom is -0.497 e. The van der Waals surface area contributed by atoms with E-state index in [4.69, 9.17) is 14.3 Å². The van der Waals surface area contributed by atoms with Gasteiger partial charge in [0.1, 0.15) is 23.1 Å². The van der Waals surface area contributed by atoms with E-state index in [1.165, 1.54) is 0 Å². The molecule has 1 aliphatic rings. The van der Waals surface area contributed by atoms with E-state index < -0.39 is 0 Å². The first-order valence-corrected chi connectivity index (χ1v) is 11.8. The predicted octanol–water partition coefficient (Wildman–Crippen LogP) is 5.20. The summed E-state index contributed by atoms with van der Waals surface area (Å²) >= 11 is 0. The van der Waals surface area contributed by atoms with Crippen LogP contribution in [-0.4, -0.2) is 41.6 Å². The molecule has 7 heteroatoms. The van der Waals surface area contributed by atoms with E-state index in [0.717, 1.165) is 39.5 Å². The van der Waals surface area contributed by atoms with Crippen molar-refractivity contribution >= 4 is 16.8 Å². The van der Waals surface area contributed by atoms with Gasteiger partial charge in [-0.1, -0.05) is 36.4 Å². The maximum absolute atomic E-state index is 12.9. The summed E-state index contributed by atoms with van der Waals surface area (Å²) in [6, 6.07) is 23.3. The van der Waals surface area contributed by atoms with Crippen molar-refractivity contribution in [3.8, 4) is 11.5 Å². The number of nitrogens with zero attached hydrogens (tertiary/aromatic N) is 2. The Morgan fingerprint density at radius 2 is 1.43 bits per heavy atom. The lowest BCUT2D eigenvalue weighted by atomic mass is 9.88. The Morgan fingerprint density at radius 1 is 0.857 bits per heavy atom. The molecule has 35 heavy (non-hydrogen) atoms. The van der Waals surface area contributed by atoms with Crippen LogP contribution < -0.4 is 9.47 Å². The van der Waals surface area contributed by atoms with Gasteiger partial charge < -0.3 is 14.5 Å². The Balaban J connectivity index is 1.41. The number of fused-ring (bicyclic) bond motifs is 1. The molecule has 1 N–H and O–H groups in total. The second-order valence-electron chi connectivity index (χ2n) is 8.67. The number of para-hydroxylation sites is 2. The summed E-state index contributed by atoms with van der Waals surface area (Å²) in [5.74, 6) is 2.64. The maximum atomic E-state index is 12.9. The Labute approximate surface area is 204 Å². The van der Waals surface area contributed by atoms with Gasteiger partial charge in [-0.25, -0.2) is 4.98 Å². The van der Waals surface area contributed by atoms with Gasteiger partial charge in [0.2, 0.25) is 0 Å². The molecule has 7 nitrogen and oxygen atoms in total. The molecule has 1 saturated heterocycles. The minimum absolute atomic E-state index is 0.204. The highest BCUT2D eigenvalue weighted by atomic mass is 16.7. The second kappa shape index (κ2) is 10.3. The first-order chi connectivity index (χ1) is 17.1. The fraction of sp³-hybridized carbons (Fsp3) is 0.286. The van der Waals surface area contributed by atoms with Crippen LogP contribution in [0.1, 0.15) is 41.9 Å². The van der Waals surface area contributed by atoms with Gasteiger partial charge in [-0.2, -0.15) is 5.06 Å². The van der Waals surface area contributed by atoms with Crippen molar-refractivity contribution in [1.29, 1.82) is 0 Å². The molecule has 0 bridgehead atoms. The third kappa shape index (κ3) is 5.06. The molecule has 180 valence electrons. The van der Waals surface area contributed by atoms with Gasteiger partial charge in [0.25, 0.3) is 0 Å². The summed E-state index contributed by atoms with van der Waals surface area (Å²) in [5.41, 5.74) is 3.98. The lowest BCUT2D eigenvalue weighted by molar-refractivity contribution is -0.228. The van der Waals surface area contributed by atoms with Crippen molar-refractivity contribution in [2.45, 2.75) is 31.3 Å². The number of ether oxygens (including phenoxy) is 2. The molecule has 0 aliphatic carbocycles. The van der Waals surface area contributed by atoms with E-state index in [-0.39, 0.29) is 17.9 Å². The lowest BCUT2D eigenvalue weighted by Gasteiger charge is -2.40. The maximum Gasteiger partial charge on any atom is 0.136 e. The van der Waals surface area contributed by atoms with E-state index in [9.17, 15) is 4.79 Å². The topological polar surface area (TPSA) is 76.7 Å². The van der Waals surface area contributed by atoms with Crippen LogP contribution in [-0.2, 0) is 16.1 Å². The van der Waals surface area contributed by atoms with Crippen LogP contribution in [0.4, 0.5) is 0 Å². The smallest absolute Gasteiger partial charge is 0.136 e. The standard InChI is InChI=1S/C28H29N3O4/c1-33-22-11-7-19(8-12-22)26-17-21(32)18-27(20-9-13-23(34-2)14-10-20)31(26)35-16-15-28-29-24-5-3-4-6-25(24)30-28/h3-14,26-27H,15-18H2,1-2H3,(H,29,30)/t26-,27+. The van der Waals surface area contributed by atoms with E-state index in [1.54, 1.807) is 14.2 Å². The van der Waals surface area contributed by atoms with Crippen LogP contribution in [0.25, 0.3) is 11.0 Å². The van der Waals surface area contributed by atoms with E-state index in [2.05, 4.69) is 9.97 Å². The van der Waals surface area contributed by atoms with Gasteiger partial charge >= 0.3 is 0 Å². The molecule has 1 fully saturated rings. The number of methoxy groups -OCH3 is 2. The number of carbonyl (C=O) groups is 1. The largest absolute Gasteiger partial charge is 0.497 e. The van der Waals surface area contributed by atoms with Gasteiger partial charge in [-0.3, -0.25) is 9.63 Å². The van der Waals surface area contributed by atoms with E-state index in [1.807, 2.05) is 77.9 Å². The molecule has 0 amide bonds. The summed E-state index contributed by atoms with van der Waals surface area (Å²) in [4.78, 5) is 27.3. The van der Waals surface area contributed by atoms with Crippen molar-refractivity contribution in [2.24, 2.45) is 0 Å². The highest BCUT2D eigenvalue weighted by Crippen LogP contribution is 2.41. The van der Waals surface area contributed by atoms with Crippen molar-refractivity contribution < 1.29 is 19.1 Å². The van der Waals surface area contributed by atoms with Crippen LogP contribution in [0.5, 0.6) is 11.5 Å². The van der Waals surface area contributed by atoms with Gasteiger partial charge in [0, 0.05) is 19.3 Å². The number of imidazole rings is 1. The van der Waals surface area contributed by atoms with E-state index >= 15 is 0 Å². The predicted molar refractivity (Wildman–Crippen MR) is 133 cm³/mol. The molecular weight excluding hydrogens is 442 g/mol. The number of carbonyl (C=O) groups excluding carboxylic acids is 1. The number of piperidine rings is 1. The highest BCUT2D eigenvalue weighted by molar-refractivity contribution is 5.81. The quantitative estimate of drug-likeness (QED) is 0.381. The van der Waals surface area contributed by atoms with Crippen LogP contribution in [0.3, 0.4) is 0 Å². The van der Waals surface area contributed by atoms with Gasteiger partial charge in [-0.05, 0) is 47.5 Å². The Hall–Kier alpha value is -3.68. The molecule has 1 aliphatic heterocycles. The minimum atomic E-state index is -0.204. The molecule has 0 spiro atoms. The summed E-state index contributed by atoms with van der Waals surface area (Å²) < 4.78 is 10.6. The molecule has 0 saturated carbocycles. The monoisotopic (exact) mass is 471 g/mol. The van der Waals surface area contributed by atoms with Crippen molar-refractivity contribution in [1.82, 2.24) is 15.0 Å². The Bertz CT molecular complexity index is 1190. The van der Waals surface area contributed by atoms with E-state index in [0.29, 0.717) is 25.9 Å². The van der Waals surface area contributed by atoms with Crippen LogP contribution in [0, 0.1) is 0 Å². The van der Waals surface area contributed by atoms with Crippen molar-refractivity contribution in [2.75, 3.05) is 20.8 Å². The van der Waals surface area contributed by atoms with Gasteiger partial charge in [-0.15, -0.1) is 0 Å². The number of nitrogens with one attached hydrogen (secondary N) is 1. The molecule has 2 heterocycles. The number of benzene rings is 3. The number of Topliss-reactive ketones (excluding diaryl/α,β-unsaturated/α-hetero) is 1. The number of rotatable bonds is 8. The zero-order valence-electron chi connectivity index (χ0n) is 19.9. The number of ketones is 1. The van der Waals surface area contributed by atoms with Crippen molar-refractivity contribution in [3.63, 3.8) is 0 Å². The Morgan fingerprint density at radius 3 is 1.97 bits per heavy atom. The zero-order chi connectivity index (χ0) is 24.2. The first-order valence-electron chi connectivity index (χ1n) is 11.8. The summed E-state index contributed by atoms with van der Waals surface area (Å²) in [6.45, 7) is 0.438. The number of hydrogen-bond acceptors (Lipinski definition) is 6. The average Bonchev–Trinajstić information content (AvgIpc) is 3.32. The zero-order valence-corrected chi connectivity index (χ0v) is 19.9.